The third kappa shape index (κ3) is 3.60. The van der Waals surface area contributed by atoms with Crippen molar-refractivity contribution in [1.29, 1.82) is 0 Å². The van der Waals surface area contributed by atoms with Crippen LogP contribution in [0.3, 0.4) is 0 Å². The van der Waals surface area contributed by atoms with Crippen LogP contribution >= 0.6 is 0 Å². The number of likely N-dealkylation sites (tertiary alicyclic amines) is 1. The number of hydrogen-bond donors (Lipinski definition) is 4. The number of nitrogens with zero attached hydrogens (tertiary/aromatic N) is 1. The molecule has 1 heterocycles. The number of urea groups is 1. The average molecular weight is 287 g/mol. The second kappa shape index (κ2) is 6.08. The number of carboxylic acids is 1. The van der Waals surface area contributed by atoms with Crippen molar-refractivity contribution < 1.29 is 24.6 Å². The van der Waals surface area contributed by atoms with Gasteiger partial charge < -0.3 is 25.7 Å². The Kier molecular flexibility index (Phi) is 4.93. The predicted molar refractivity (Wildman–Crippen MR) is 70.0 cm³/mol. The first kappa shape index (κ1) is 16.2. The Balaban J connectivity index is 2.63. The summed E-state index contributed by atoms with van der Waals surface area (Å²) in [5, 5.41) is 23.5. The van der Waals surface area contributed by atoms with Crippen LogP contribution in [0.25, 0.3) is 0 Å². The molecular weight excluding hydrogens is 266 g/mol. The molecular formula is C12H21N3O5. The van der Waals surface area contributed by atoms with Gasteiger partial charge in [0.15, 0.2) is 0 Å². The molecule has 0 aromatic carbocycles. The van der Waals surface area contributed by atoms with E-state index >= 15 is 0 Å². The van der Waals surface area contributed by atoms with Gasteiger partial charge in [0.25, 0.3) is 0 Å². The third-order valence-corrected chi connectivity index (χ3v) is 3.35. The third-order valence-electron chi connectivity index (χ3n) is 3.35. The van der Waals surface area contributed by atoms with Crippen molar-refractivity contribution in [1.82, 2.24) is 15.5 Å². The minimum atomic E-state index is -1.15. The fourth-order valence-electron chi connectivity index (χ4n) is 2.09. The number of aliphatic hydroxyl groups excluding tert-OH is 1. The minimum absolute atomic E-state index is 0.0155. The van der Waals surface area contributed by atoms with Gasteiger partial charge in [-0.15, -0.1) is 0 Å². The Hall–Kier alpha value is -1.83. The van der Waals surface area contributed by atoms with Gasteiger partial charge in [-0.2, -0.15) is 0 Å². The molecule has 0 aromatic heterocycles. The van der Waals surface area contributed by atoms with Gasteiger partial charge in [-0.3, -0.25) is 4.79 Å². The highest BCUT2D eigenvalue weighted by molar-refractivity contribution is 5.85. The molecule has 3 amide bonds. The molecule has 1 saturated heterocycles. The van der Waals surface area contributed by atoms with E-state index < -0.39 is 29.6 Å². The highest BCUT2D eigenvalue weighted by Gasteiger charge is 2.39. The number of aliphatic hydroxyl groups is 1. The monoisotopic (exact) mass is 287 g/mol. The number of hydrogen-bond acceptors (Lipinski definition) is 4. The number of β-amino-alcohol motifs (C(OH)–C–C–N with tert-alkyl or cyclic N) is 1. The predicted octanol–water partition coefficient (Wildman–Crippen LogP) is -1.01. The Morgan fingerprint density at radius 1 is 1.35 bits per heavy atom. The first-order valence-electron chi connectivity index (χ1n) is 6.36. The van der Waals surface area contributed by atoms with Gasteiger partial charge in [0, 0.05) is 26.6 Å². The maximum Gasteiger partial charge on any atom is 0.326 e. The molecule has 2 atom stereocenters. The molecule has 0 aromatic rings. The van der Waals surface area contributed by atoms with E-state index in [-0.39, 0.29) is 25.4 Å². The standard InChI is InChI=1S/C12H21N3O5/c1-12(2,10(19)13-3)6-14-11(20)15-5-7(16)4-8(15)9(17)18/h7-8,16H,4-6H2,1-3H3,(H,13,19)(H,14,20)(H,17,18)/t7?,8-/m0/s1. The summed E-state index contributed by atoms with van der Waals surface area (Å²) >= 11 is 0. The molecule has 8 heteroatoms. The van der Waals surface area contributed by atoms with Crippen molar-refractivity contribution in [3.05, 3.63) is 0 Å². The highest BCUT2D eigenvalue weighted by Crippen LogP contribution is 2.19. The Morgan fingerprint density at radius 2 is 1.95 bits per heavy atom. The average Bonchev–Trinajstić information content (AvgIpc) is 2.77. The molecule has 1 fully saturated rings. The maximum atomic E-state index is 12.0. The lowest BCUT2D eigenvalue weighted by molar-refractivity contribution is -0.141. The van der Waals surface area contributed by atoms with Gasteiger partial charge in [-0.05, 0) is 13.8 Å². The van der Waals surface area contributed by atoms with Crippen molar-refractivity contribution in [2.75, 3.05) is 20.1 Å². The van der Waals surface area contributed by atoms with Crippen LogP contribution in [0.4, 0.5) is 4.79 Å². The van der Waals surface area contributed by atoms with Crippen LogP contribution in [0.2, 0.25) is 0 Å². The van der Waals surface area contributed by atoms with E-state index in [1.165, 1.54) is 7.05 Å². The summed E-state index contributed by atoms with van der Waals surface area (Å²) < 4.78 is 0. The summed E-state index contributed by atoms with van der Waals surface area (Å²) in [6.45, 7) is 3.38. The minimum Gasteiger partial charge on any atom is -0.480 e. The fourth-order valence-corrected chi connectivity index (χ4v) is 2.09. The molecule has 0 saturated carbocycles. The van der Waals surface area contributed by atoms with E-state index in [9.17, 15) is 19.5 Å². The molecule has 0 bridgehead atoms. The number of rotatable bonds is 4. The van der Waals surface area contributed by atoms with E-state index in [4.69, 9.17) is 5.11 Å². The van der Waals surface area contributed by atoms with Gasteiger partial charge in [0.2, 0.25) is 5.91 Å². The zero-order chi connectivity index (χ0) is 15.5. The normalized spacial score (nSPS) is 22.5. The lowest BCUT2D eigenvalue weighted by Gasteiger charge is -2.26. The van der Waals surface area contributed by atoms with E-state index in [0.29, 0.717) is 0 Å². The van der Waals surface area contributed by atoms with Crippen LogP contribution in [0.1, 0.15) is 20.3 Å². The van der Waals surface area contributed by atoms with Gasteiger partial charge >= 0.3 is 12.0 Å². The summed E-state index contributed by atoms with van der Waals surface area (Å²) in [6, 6.07) is -1.63. The number of carboxylic acid groups (broad SMARTS) is 1. The quantitative estimate of drug-likeness (QED) is 0.528. The molecule has 1 unspecified atom stereocenters. The first-order chi connectivity index (χ1) is 9.19. The molecule has 0 radical (unpaired) electrons. The maximum absolute atomic E-state index is 12.0. The van der Waals surface area contributed by atoms with Crippen molar-refractivity contribution in [2.45, 2.75) is 32.4 Å². The second-order valence-electron chi connectivity index (χ2n) is 5.52. The van der Waals surface area contributed by atoms with Crippen LogP contribution in [0, 0.1) is 5.41 Å². The summed E-state index contributed by atoms with van der Waals surface area (Å²) in [4.78, 5) is 35.7. The number of amides is 3. The SMILES string of the molecule is CNC(=O)C(C)(C)CNC(=O)N1CC(O)C[C@H]1C(=O)O. The zero-order valence-electron chi connectivity index (χ0n) is 11.8. The van der Waals surface area contributed by atoms with E-state index in [1.807, 2.05) is 0 Å². The van der Waals surface area contributed by atoms with Crippen LogP contribution in [0.15, 0.2) is 0 Å². The van der Waals surface area contributed by atoms with Crippen LogP contribution in [-0.2, 0) is 9.59 Å². The molecule has 1 rings (SSSR count). The van der Waals surface area contributed by atoms with Crippen LogP contribution < -0.4 is 10.6 Å². The number of carbonyl (C=O) groups excluding carboxylic acids is 2. The summed E-state index contributed by atoms with van der Waals surface area (Å²) in [5.74, 6) is -1.38. The molecule has 20 heavy (non-hydrogen) atoms. The smallest absolute Gasteiger partial charge is 0.326 e. The Morgan fingerprint density at radius 3 is 2.45 bits per heavy atom. The van der Waals surface area contributed by atoms with Crippen molar-refractivity contribution in [2.24, 2.45) is 5.41 Å². The Bertz CT molecular complexity index is 410. The largest absolute Gasteiger partial charge is 0.480 e. The number of aliphatic carboxylic acids is 1. The molecule has 0 aliphatic carbocycles. The van der Waals surface area contributed by atoms with E-state index in [0.717, 1.165) is 4.90 Å². The molecule has 1 aliphatic rings. The lowest BCUT2D eigenvalue weighted by atomic mass is 9.92. The van der Waals surface area contributed by atoms with Gasteiger partial charge in [0.05, 0.1) is 11.5 Å². The topological polar surface area (TPSA) is 119 Å². The van der Waals surface area contributed by atoms with Crippen molar-refractivity contribution >= 4 is 17.9 Å². The van der Waals surface area contributed by atoms with Crippen molar-refractivity contribution in [3.63, 3.8) is 0 Å². The molecule has 114 valence electrons. The molecule has 1 aliphatic heterocycles. The Labute approximate surface area is 117 Å². The lowest BCUT2D eigenvalue weighted by Crippen LogP contribution is -2.50. The van der Waals surface area contributed by atoms with Gasteiger partial charge in [-0.25, -0.2) is 9.59 Å². The van der Waals surface area contributed by atoms with Gasteiger partial charge in [0.1, 0.15) is 6.04 Å². The highest BCUT2D eigenvalue weighted by atomic mass is 16.4. The van der Waals surface area contributed by atoms with Crippen LogP contribution in [0.5, 0.6) is 0 Å². The fraction of sp³-hybridized carbons (Fsp3) is 0.750. The van der Waals surface area contributed by atoms with Crippen LogP contribution in [-0.4, -0.2) is 65.3 Å². The molecule has 8 nitrogen and oxygen atoms in total. The molecule has 0 spiro atoms. The second-order valence-corrected chi connectivity index (χ2v) is 5.52. The zero-order valence-corrected chi connectivity index (χ0v) is 11.8. The number of nitrogens with one attached hydrogen (secondary N) is 2. The molecule has 4 N–H and O–H groups in total. The van der Waals surface area contributed by atoms with E-state index in [1.54, 1.807) is 13.8 Å². The van der Waals surface area contributed by atoms with E-state index in [2.05, 4.69) is 10.6 Å². The van der Waals surface area contributed by atoms with Gasteiger partial charge in [-0.1, -0.05) is 0 Å². The van der Waals surface area contributed by atoms with Crippen molar-refractivity contribution in [3.8, 4) is 0 Å². The number of carbonyl (C=O) groups is 3. The summed E-state index contributed by atoms with van der Waals surface area (Å²) in [5.41, 5.74) is -0.804. The first-order valence-corrected chi connectivity index (χ1v) is 6.36. The summed E-state index contributed by atoms with van der Waals surface area (Å²) in [6.07, 6.45) is -0.824. The summed E-state index contributed by atoms with van der Waals surface area (Å²) in [7, 11) is 1.50.